The first-order valence-electron chi connectivity index (χ1n) is 35.1. The minimum Gasteiger partial charge on any atom is -0.308 e. The van der Waals surface area contributed by atoms with Gasteiger partial charge in [-0.2, -0.15) is 44.7 Å². The smallest absolute Gasteiger partial charge is 0.308 e. The molecule has 0 amide bonds. The SMILES string of the molecule is N#CC1=CC=CC(c2ccc3c(c2)c2cc(-c4cccc(C#N)c4)ccc2n3-c2cccnc2-c2cc(C(F)(F)F)cc(-c3ncccc3-n3c4ccc(-c5cccc(C#N)c5)cc4c4cc(-c5cccc(C#N)c5)ccc43)c2-n2c3ccc(-c4cccc(C#N)c4)cc3c3cc(-c4cccc(C#N)c4)ccc32)C1. The van der Waals surface area contributed by atoms with E-state index in [-0.39, 0.29) is 28.4 Å². The summed E-state index contributed by atoms with van der Waals surface area (Å²) in [5.74, 6) is -0.142. The first kappa shape index (κ1) is 65.6. The minimum absolute atomic E-state index is 0.0970. The van der Waals surface area contributed by atoms with E-state index in [1.807, 2.05) is 209 Å². The molecule has 109 heavy (non-hydrogen) atoms. The number of hydrogen-bond donors (Lipinski definition) is 0. The molecule has 0 saturated heterocycles. The van der Waals surface area contributed by atoms with Crippen molar-refractivity contribution in [1.82, 2.24) is 23.7 Å². The van der Waals surface area contributed by atoms with Crippen LogP contribution < -0.4 is 0 Å². The average Bonchev–Trinajstić information content (AvgIpc) is 1.60. The number of benzene rings is 12. The van der Waals surface area contributed by atoms with E-state index in [1.54, 1.807) is 54.9 Å². The molecule has 11 nitrogen and oxygen atoms in total. The second-order valence-electron chi connectivity index (χ2n) is 27.1. The van der Waals surface area contributed by atoms with Crippen molar-refractivity contribution >= 4 is 65.4 Å². The summed E-state index contributed by atoms with van der Waals surface area (Å²) >= 11 is 0. The topological polar surface area (TPSA) is 183 Å². The fourth-order valence-electron chi connectivity index (χ4n) is 15.8. The number of pyridine rings is 2. The Morgan fingerprint density at radius 1 is 0.330 bits per heavy atom. The lowest BCUT2D eigenvalue weighted by Gasteiger charge is -2.24. The summed E-state index contributed by atoms with van der Waals surface area (Å²) in [6.07, 6.45) is 4.51. The summed E-state index contributed by atoms with van der Waals surface area (Å²) in [5.41, 5.74) is 16.8. The molecule has 12 aromatic carbocycles. The van der Waals surface area contributed by atoms with Crippen LogP contribution in [-0.2, 0) is 6.18 Å². The third-order valence-corrected chi connectivity index (χ3v) is 20.8. The van der Waals surface area contributed by atoms with Gasteiger partial charge in [0.05, 0.1) is 131 Å². The third kappa shape index (κ3) is 11.4. The van der Waals surface area contributed by atoms with Crippen molar-refractivity contribution in [1.29, 1.82) is 31.6 Å². The Balaban J connectivity index is 0.964. The molecule has 508 valence electrons. The molecule has 0 fully saturated rings. The monoisotopic (exact) mass is 1400 g/mol. The number of nitriles is 6. The summed E-state index contributed by atoms with van der Waals surface area (Å²) < 4.78 is 57.1. The van der Waals surface area contributed by atoms with Gasteiger partial charge >= 0.3 is 6.18 Å². The molecule has 1 atom stereocenters. The zero-order valence-corrected chi connectivity index (χ0v) is 57.6. The van der Waals surface area contributed by atoms with Crippen molar-refractivity contribution in [3.63, 3.8) is 0 Å². The lowest BCUT2D eigenvalue weighted by Crippen LogP contribution is -2.11. The molecule has 5 heterocycles. The number of aromatic nitrogens is 5. The Hall–Kier alpha value is -15.5. The average molecular weight is 1400 g/mol. The van der Waals surface area contributed by atoms with Crippen LogP contribution in [-0.4, -0.2) is 23.7 Å². The minimum atomic E-state index is -4.98. The molecule has 0 bridgehead atoms. The molecule has 1 aliphatic rings. The highest BCUT2D eigenvalue weighted by atomic mass is 19.4. The zero-order chi connectivity index (χ0) is 74.2. The highest BCUT2D eigenvalue weighted by Gasteiger charge is 2.36. The molecule has 0 spiro atoms. The Labute approximate surface area is 622 Å². The standard InChI is InChI=1S/C95H52F3N11/c96-95(97,98)75-49-82(92-90(21-7-35-105-92)107-84-29-23-69(63-15-1-9-57(37-63)51-99)43-76(84)77-44-70(24-30-85(77)107)64-16-2-10-58(38-64)52-100)94(109-88-33-27-73(67-19-5-13-61(41-67)55-103)47-80(88)81-48-74(28-34-89(81)109)68-20-6-14-62(42-68)56-104)83(50-75)93-91(22-8-36-106-93)108-86-31-25-71(65-17-3-11-59(39-65)53-101)45-78(86)79-46-72(26-32-87(79)108)66-18-4-12-60(40-66)54-102/h1-39,41-50,66H,40H2. The fraction of sp³-hybridized carbons (Fsp3) is 0.0316. The molecule has 5 aromatic heterocycles. The van der Waals surface area contributed by atoms with Crippen molar-refractivity contribution < 1.29 is 13.2 Å². The summed E-state index contributed by atoms with van der Waals surface area (Å²) in [6, 6.07) is 96.5. The van der Waals surface area contributed by atoms with Gasteiger partial charge in [0.15, 0.2) is 0 Å². The van der Waals surface area contributed by atoms with E-state index < -0.39 is 11.7 Å². The van der Waals surface area contributed by atoms with Gasteiger partial charge in [0.25, 0.3) is 0 Å². The second-order valence-corrected chi connectivity index (χ2v) is 27.1. The zero-order valence-electron chi connectivity index (χ0n) is 57.6. The van der Waals surface area contributed by atoms with Crippen LogP contribution in [0.2, 0.25) is 0 Å². The van der Waals surface area contributed by atoms with Crippen molar-refractivity contribution in [2.24, 2.45) is 0 Å². The van der Waals surface area contributed by atoms with Gasteiger partial charge in [0.1, 0.15) is 0 Å². The van der Waals surface area contributed by atoms with E-state index in [0.717, 1.165) is 99.0 Å². The van der Waals surface area contributed by atoms with E-state index >= 15 is 13.2 Å². The Morgan fingerprint density at radius 3 is 0.982 bits per heavy atom. The van der Waals surface area contributed by atoms with Gasteiger partial charge < -0.3 is 13.7 Å². The highest BCUT2D eigenvalue weighted by molar-refractivity contribution is 6.16. The van der Waals surface area contributed by atoms with Gasteiger partial charge in [-0.25, -0.2) is 0 Å². The molecule has 0 aliphatic heterocycles. The van der Waals surface area contributed by atoms with Crippen LogP contribution in [0.1, 0.15) is 51.3 Å². The first-order valence-corrected chi connectivity index (χ1v) is 35.1. The van der Waals surface area contributed by atoms with Gasteiger partial charge in [0.2, 0.25) is 0 Å². The molecule has 1 unspecified atom stereocenters. The van der Waals surface area contributed by atoms with Crippen LogP contribution in [0, 0.1) is 68.0 Å². The van der Waals surface area contributed by atoms with E-state index in [0.29, 0.717) is 84.5 Å². The molecular weight excluding hydrogens is 1350 g/mol. The lowest BCUT2D eigenvalue weighted by molar-refractivity contribution is -0.137. The number of rotatable bonds is 11. The van der Waals surface area contributed by atoms with Crippen LogP contribution in [0.5, 0.6) is 0 Å². The molecule has 1 aliphatic carbocycles. The Kier molecular flexibility index (Phi) is 15.9. The number of hydrogen-bond acceptors (Lipinski definition) is 8. The maximum absolute atomic E-state index is 17.0. The quantitative estimate of drug-likeness (QED) is 0.122. The molecule has 14 heteroatoms. The maximum atomic E-state index is 17.0. The predicted octanol–water partition coefficient (Wildman–Crippen LogP) is 23.3. The molecular formula is C95H52F3N11. The Morgan fingerprint density at radius 2 is 0.651 bits per heavy atom. The van der Waals surface area contributed by atoms with E-state index in [2.05, 4.69) is 71.3 Å². The van der Waals surface area contributed by atoms with Crippen LogP contribution in [0.4, 0.5) is 13.2 Å². The molecule has 0 radical (unpaired) electrons. The number of fused-ring (bicyclic) bond motifs is 9. The van der Waals surface area contributed by atoms with Crippen molar-refractivity contribution in [3.8, 4) is 132 Å². The number of halogens is 3. The maximum Gasteiger partial charge on any atom is 0.416 e. The van der Waals surface area contributed by atoms with Gasteiger partial charge in [-0.3, -0.25) is 9.97 Å². The van der Waals surface area contributed by atoms with E-state index in [9.17, 15) is 31.6 Å². The number of alkyl halides is 3. The van der Waals surface area contributed by atoms with Crippen LogP contribution in [0.25, 0.3) is 161 Å². The van der Waals surface area contributed by atoms with Gasteiger partial charge in [-0.15, -0.1) is 0 Å². The molecule has 17 aromatic rings. The molecule has 18 rings (SSSR count). The summed E-state index contributed by atoms with van der Waals surface area (Å²) in [6.45, 7) is 0. The van der Waals surface area contributed by atoms with E-state index in [4.69, 9.17) is 9.97 Å². The van der Waals surface area contributed by atoms with E-state index in [1.165, 1.54) is 12.1 Å². The largest absolute Gasteiger partial charge is 0.416 e. The normalized spacial score (nSPS) is 12.7. The molecule has 0 saturated carbocycles. The second kappa shape index (κ2) is 26.4. The van der Waals surface area contributed by atoms with Crippen molar-refractivity contribution in [2.45, 2.75) is 18.5 Å². The lowest BCUT2D eigenvalue weighted by atomic mass is 9.88. The Bertz CT molecular complexity index is 6890. The number of allylic oxidation sites excluding steroid dienone is 4. The van der Waals surface area contributed by atoms with Gasteiger partial charge in [-0.05, 0) is 244 Å². The summed E-state index contributed by atoms with van der Waals surface area (Å²) in [7, 11) is 0. The van der Waals surface area contributed by atoms with Crippen molar-refractivity contribution in [3.05, 3.63) is 342 Å². The predicted molar refractivity (Wildman–Crippen MR) is 422 cm³/mol. The summed E-state index contributed by atoms with van der Waals surface area (Å²) in [4.78, 5) is 10.6. The van der Waals surface area contributed by atoms with Gasteiger partial charge in [-0.1, -0.05) is 109 Å². The van der Waals surface area contributed by atoms with Crippen LogP contribution in [0.3, 0.4) is 0 Å². The summed E-state index contributed by atoms with van der Waals surface area (Å²) in [5, 5.41) is 65.4. The van der Waals surface area contributed by atoms with Crippen LogP contribution in [0.15, 0.2) is 303 Å². The fourth-order valence-corrected chi connectivity index (χ4v) is 15.8. The van der Waals surface area contributed by atoms with Gasteiger partial charge in [0, 0.05) is 67.3 Å². The molecule has 0 N–H and O–H groups in total. The van der Waals surface area contributed by atoms with Crippen molar-refractivity contribution in [2.75, 3.05) is 0 Å². The highest BCUT2D eigenvalue weighted by Crippen LogP contribution is 2.50. The third-order valence-electron chi connectivity index (χ3n) is 20.8. The van der Waals surface area contributed by atoms with Crippen LogP contribution >= 0.6 is 0 Å². The first-order chi connectivity index (χ1) is 53.3. The number of nitrogens with zero attached hydrogens (tertiary/aromatic N) is 11.